The van der Waals surface area contributed by atoms with Crippen LogP contribution in [0.2, 0.25) is 0 Å². The van der Waals surface area contributed by atoms with Gasteiger partial charge in [0.05, 0.1) is 28.8 Å². The molecule has 2 aliphatic rings. The van der Waals surface area contributed by atoms with Gasteiger partial charge >= 0.3 is 0 Å². The van der Waals surface area contributed by atoms with Crippen molar-refractivity contribution in [1.82, 2.24) is 25.1 Å². The van der Waals surface area contributed by atoms with Gasteiger partial charge in [-0.25, -0.2) is 4.98 Å². The zero-order chi connectivity index (χ0) is 26.2. The van der Waals surface area contributed by atoms with Crippen molar-refractivity contribution in [1.29, 1.82) is 0 Å². The molecule has 0 amide bonds. The number of nitrogens with one attached hydrogen (secondary N) is 3. The van der Waals surface area contributed by atoms with Crippen LogP contribution in [0.5, 0.6) is 0 Å². The lowest BCUT2D eigenvalue weighted by Gasteiger charge is -2.22. The molecule has 3 N–H and O–H groups in total. The van der Waals surface area contributed by atoms with E-state index in [2.05, 4.69) is 80.6 Å². The van der Waals surface area contributed by atoms with Gasteiger partial charge in [0.15, 0.2) is 0 Å². The summed E-state index contributed by atoms with van der Waals surface area (Å²) in [5, 5.41) is 12.5. The molecule has 6 heteroatoms. The first-order valence-corrected chi connectivity index (χ1v) is 14.0. The standard InChI is InChI=1S/C33H32N6/c1-21(16-22-8-3-2-4-9-22)35-25-17-24(19-34-20-25)28-14-15-30-32(37-28)33(39-38-30)31-18-27-26(23-10-5-6-11-23)12-7-13-29(27)36-31/h5,7,10-15,17-20,22,35-36H,1-4,6,8-9,16H2,(H,38,39). The van der Waals surface area contributed by atoms with Crippen LogP contribution in [-0.2, 0) is 0 Å². The van der Waals surface area contributed by atoms with Crippen LogP contribution in [0.25, 0.3) is 50.2 Å². The Hall–Kier alpha value is -4.45. The van der Waals surface area contributed by atoms with E-state index in [1.54, 1.807) is 0 Å². The molecule has 0 radical (unpaired) electrons. The number of fused-ring (bicyclic) bond motifs is 2. The van der Waals surface area contributed by atoms with Crippen molar-refractivity contribution in [2.24, 2.45) is 5.92 Å². The number of anilines is 1. The fourth-order valence-corrected chi connectivity index (χ4v) is 6.08. The number of aromatic amines is 2. The highest BCUT2D eigenvalue weighted by Crippen LogP contribution is 2.34. The summed E-state index contributed by atoms with van der Waals surface area (Å²) >= 11 is 0. The minimum atomic E-state index is 0.741. The molecule has 0 spiro atoms. The number of rotatable bonds is 7. The first-order chi connectivity index (χ1) is 19.2. The van der Waals surface area contributed by atoms with Crippen LogP contribution in [0.15, 0.2) is 85.4 Å². The van der Waals surface area contributed by atoms with Crippen LogP contribution in [0.1, 0.15) is 50.5 Å². The fourth-order valence-electron chi connectivity index (χ4n) is 6.08. The van der Waals surface area contributed by atoms with Gasteiger partial charge in [0, 0.05) is 28.4 Å². The van der Waals surface area contributed by atoms with Crippen molar-refractivity contribution in [3.05, 3.63) is 90.9 Å². The highest BCUT2D eigenvalue weighted by molar-refractivity contribution is 6.00. The highest BCUT2D eigenvalue weighted by atomic mass is 15.1. The number of aromatic nitrogens is 5. The second-order valence-corrected chi connectivity index (χ2v) is 10.8. The van der Waals surface area contributed by atoms with Gasteiger partial charge in [-0.15, -0.1) is 0 Å². The number of hydrogen-bond donors (Lipinski definition) is 3. The Bertz CT molecular complexity index is 1740. The average Bonchev–Trinajstić information content (AvgIpc) is 3.73. The Morgan fingerprint density at radius 3 is 2.82 bits per heavy atom. The van der Waals surface area contributed by atoms with Crippen molar-refractivity contribution in [3.8, 4) is 22.6 Å². The summed E-state index contributed by atoms with van der Waals surface area (Å²) in [6, 6.07) is 14.7. The Balaban J connectivity index is 1.18. The van der Waals surface area contributed by atoms with Crippen LogP contribution in [0, 0.1) is 5.92 Å². The molecule has 1 fully saturated rings. The molecule has 194 valence electrons. The molecular formula is C33H32N6. The van der Waals surface area contributed by atoms with Crippen LogP contribution >= 0.6 is 0 Å². The van der Waals surface area contributed by atoms with E-state index in [-0.39, 0.29) is 0 Å². The topological polar surface area (TPSA) is 82.3 Å². The van der Waals surface area contributed by atoms with Crippen LogP contribution < -0.4 is 5.32 Å². The van der Waals surface area contributed by atoms with Crippen molar-refractivity contribution in [3.63, 3.8) is 0 Å². The van der Waals surface area contributed by atoms with Crippen molar-refractivity contribution in [2.45, 2.75) is 44.9 Å². The van der Waals surface area contributed by atoms with E-state index in [1.165, 1.54) is 48.6 Å². The third-order valence-corrected chi connectivity index (χ3v) is 8.02. The van der Waals surface area contributed by atoms with Crippen LogP contribution in [0.3, 0.4) is 0 Å². The summed E-state index contributed by atoms with van der Waals surface area (Å²) in [5.41, 5.74) is 10.9. The van der Waals surface area contributed by atoms with Gasteiger partial charge in [-0.3, -0.25) is 10.1 Å². The minimum absolute atomic E-state index is 0.741. The lowest BCUT2D eigenvalue weighted by Crippen LogP contribution is -2.10. The zero-order valence-corrected chi connectivity index (χ0v) is 22.0. The molecule has 7 rings (SSSR count). The van der Waals surface area contributed by atoms with E-state index in [0.717, 1.165) is 69.3 Å². The maximum Gasteiger partial charge on any atom is 0.135 e. The number of allylic oxidation sites excluding steroid dienone is 5. The molecule has 39 heavy (non-hydrogen) atoms. The molecule has 0 saturated heterocycles. The second-order valence-electron chi connectivity index (χ2n) is 10.8. The minimum Gasteiger partial charge on any atom is -0.358 e. The van der Waals surface area contributed by atoms with Gasteiger partial charge < -0.3 is 10.3 Å². The van der Waals surface area contributed by atoms with Gasteiger partial charge in [0.1, 0.15) is 11.2 Å². The predicted molar refractivity (Wildman–Crippen MR) is 160 cm³/mol. The van der Waals surface area contributed by atoms with Crippen LogP contribution in [0.4, 0.5) is 5.69 Å². The number of H-pyrrole nitrogens is 2. The lowest BCUT2D eigenvalue weighted by atomic mass is 9.86. The molecular weight excluding hydrogens is 480 g/mol. The van der Waals surface area contributed by atoms with Gasteiger partial charge in [0.2, 0.25) is 0 Å². The zero-order valence-electron chi connectivity index (χ0n) is 22.0. The third kappa shape index (κ3) is 4.67. The number of pyridine rings is 2. The quantitative estimate of drug-likeness (QED) is 0.204. The van der Waals surface area contributed by atoms with Crippen LogP contribution in [-0.4, -0.2) is 25.1 Å². The Kier molecular flexibility index (Phi) is 6.08. The summed E-state index contributed by atoms with van der Waals surface area (Å²) in [7, 11) is 0. The van der Waals surface area contributed by atoms with E-state index >= 15 is 0 Å². The maximum absolute atomic E-state index is 5.04. The molecule has 0 bridgehead atoms. The Morgan fingerprint density at radius 1 is 1.03 bits per heavy atom. The molecule has 6 nitrogen and oxygen atoms in total. The second kappa shape index (κ2) is 10.0. The summed E-state index contributed by atoms with van der Waals surface area (Å²) in [6.07, 6.45) is 19.0. The normalized spacial score (nSPS) is 15.7. The smallest absolute Gasteiger partial charge is 0.135 e. The molecule has 0 atom stereocenters. The molecule has 0 aliphatic heterocycles. The average molecular weight is 513 g/mol. The summed E-state index contributed by atoms with van der Waals surface area (Å²) < 4.78 is 0. The Morgan fingerprint density at radius 2 is 1.95 bits per heavy atom. The van der Waals surface area contributed by atoms with Gasteiger partial charge in [-0.05, 0) is 60.2 Å². The molecule has 4 heterocycles. The summed E-state index contributed by atoms with van der Waals surface area (Å²) in [4.78, 5) is 13.1. The molecule has 0 unspecified atom stereocenters. The van der Waals surface area contributed by atoms with E-state index in [4.69, 9.17) is 4.98 Å². The summed E-state index contributed by atoms with van der Waals surface area (Å²) in [5.74, 6) is 0.741. The first-order valence-electron chi connectivity index (χ1n) is 14.0. The molecule has 2 aliphatic carbocycles. The SMILES string of the molecule is C=C(CC1CCCCC1)Nc1cncc(-c2ccc3[nH]nc(-c4cc5c(C6=CCC=C6)cccc5[nH]4)c3n2)c1. The lowest BCUT2D eigenvalue weighted by molar-refractivity contribution is 0.357. The van der Waals surface area contributed by atoms with Crippen molar-refractivity contribution >= 4 is 33.2 Å². The van der Waals surface area contributed by atoms with Crippen molar-refractivity contribution < 1.29 is 0 Å². The monoisotopic (exact) mass is 512 g/mol. The van der Waals surface area contributed by atoms with Gasteiger partial charge in [0.25, 0.3) is 0 Å². The number of benzene rings is 1. The molecule has 4 aromatic heterocycles. The van der Waals surface area contributed by atoms with E-state index in [0.29, 0.717) is 0 Å². The molecule has 5 aromatic rings. The van der Waals surface area contributed by atoms with Crippen molar-refractivity contribution in [2.75, 3.05) is 5.32 Å². The molecule has 1 saturated carbocycles. The Labute approximate surface area is 228 Å². The summed E-state index contributed by atoms with van der Waals surface area (Å²) in [6.45, 7) is 4.30. The highest BCUT2D eigenvalue weighted by Gasteiger charge is 2.17. The van der Waals surface area contributed by atoms with E-state index < -0.39 is 0 Å². The van der Waals surface area contributed by atoms with E-state index in [9.17, 15) is 0 Å². The number of nitrogens with zero attached hydrogens (tertiary/aromatic N) is 3. The molecule has 1 aromatic carbocycles. The third-order valence-electron chi connectivity index (χ3n) is 8.02. The van der Waals surface area contributed by atoms with Gasteiger partial charge in [-0.1, -0.05) is 69.0 Å². The number of hydrogen-bond acceptors (Lipinski definition) is 4. The van der Waals surface area contributed by atoms with Gasteiger partial charge in [-0.2, -0.15) is 5.10 Å². The largest absolute Gasteiger partial charge is 0.358 e. The predicted octanol–water partition coefficient (Wildman–Crippen LogP) is 8.41. The maximum atomic E-state index is 5.04. The first kappa shape index (κ1) is 23.7. The fraction of sp³-hybridized carbons (Fsp3) is 0.242. The van der Waals surface area contributed by atoms with E-state index in [1.807, 2.05) is 24.5 Å².